The number of nitrogens with two attached hydrogens (primary N) is 1. The van der Waals surface area contributed by atoms with E-state index < -0.39 is 5.25 Å². The van der Waals surface area contributed by atoms with Crippen LogP contribution in [-0.2, 0) is 4.79 Å². The van der Waals surface area contributed by atoms with Gasteiger partial charge in [0.25, 0.3) is 0 Å². The molecule has 5 nitrogen and oxygen atoms in total. The van der Waals surface area contributed by atoms with Crippen LogP contribution in [-0.4, -0.2) is 21.1 Å². The summed E-state index contributed by atoms with van der Waals surface area (Å²) in [5.74, 6) is 0.284. The lowest BCUT2D eigenvalue weighted by Gasteiger charge is -2.12. The Kier molecular flexibility index (Phi) is 5.17. The molecule has 1 atom stereocenters. The van der Waals surface area contributed by atoms with Crippen LogP contribution in [0.4, 0.5) is 11.5 Å². The lowest BCUT2D eigenvalue weighted by Crippen LogP contribution is -2.22. The predicted molar refractivity (Wildman–Crippen MR) is 107 cm³/mol. The summed E-state index contributed by atoms with van der Waals surface area (Å²) in [7, 11) is 0. The number of fused-ring (bicyclic) bond motifs is 1. The van der Waals surface area contributed by atoms with E-state index in [0.717, 1.165) is 15.8 Å². The summed E-state index contributed by atoms with van der Waals surface area (Å²) in [4.78, 5) is 23.3. The minimum Gasteiger partial charge on any atom is -0.383 e. The van der Waals surface area contributed by atoms with Crippen molar-refractivity contribution in [2.75, 3.05) is 11.1 Å². The molecule has 0 radical (unpaired) electrons. The van der Waals surface area contributed by atoms with E-state index >= 15 is 0 Å². The molecule has 0 saturated heterocycles. The number of anilines is 2. The summed E-state index contributed by atoms with van der Waals surface area (Å²) in [5.41, 5.74) is 7.79. The van der Waals surface area contributed by atoms with E-state index in [9.17, 15) is 4.79 Å². The van der Waals surface area contributed by atoms with Gasteiger partial charge >= 0.3 is 0 Å². The fourth-order valence-electron chi connectivity index (χ4n) is 2.32. The molecule has 8 heteroatoms. The Morgan fingerprint density at radius 1 is 1.32 bits per heavy atom. The first-order valence-corrected chi connectivity index (χ1v) is 9.69. The van der Waals surface area contributed by atoms with Gasteiger partial charge in [-0.3, -0.25) is 4.79 Å². The quantitative estimate of drug-likeness (QED) is 0.498. The summed E-state index contributed by atoms with van der Waals surface area (Å²) in [5, 5.41) is 4.32. The van der Waals surface area contributed by atoms with Gasteiger partial charge in [0.05, 0.1) is 21.3 Å². The van der Waals surface area contributed by atoms with Gasteiger partial charge in [0.2, 0.25) is 5.91 Å². The molecule has 0 aliphatic carbocycles. The SMILES string of the molecule is Cc1sc2nc(SC(C)C(=O)Nc3ccccc3Cl)nc(N)c2c1C. The first-order chi connectivity index (χ1) is 11.9. The third-order valence-corrected chi connectivity index (χ3v) is 6.21. The average molecular weight is 393 g/mol. The molecule has 25 heavy (non-hydrogen) atoms. The van der Waals surface area contributed by atoms with Crippen molar-refractivity contribution in [3.63, 3.8) is 0 Å². The number of para-hydroxylation sites is 1. The maximum Gasteiger partial charge on any atom is 0.237 e. The monoisotopic (exact) mass is 392 g/mol. The van der Waals surface area contributed by atoms with Crippen LogP contribution in [0.5, 0.6) is 0 Å². The van der Waals surface area contributed by atoms with Crippen molar-refractivity contribution >= 4 is 62.3 Å². The molecule has 3 N–H and O–H groups in total. The molecule has 1 unspecified atom stereocenters. The van der Waals surface area contributed by atoms with Gasteiger partial charge in [-0.2, -0.15) is 0 Å². The Balaban J connectivity index is 1.78. The molecule has 0 aliphatic heterocycles. The Hall–Kier alpha value is -1.83. The molecule has 0 fully saturated rings. The van der Waals surface area contributed by atoms with Gasteiger partial charge < -0.3 is 11.1 Å². The van der Waals surface area contributed by atoms with Crippen molar-refractivity contribution in [1.29, 1.82) is 0 Å². The number of nitrogens with one attached hydrogen (secondary N) is 1. The van der Waals surface area contributed by atoms with Crippen LogP contribution in [0.25, 0.3) is 10.2 Å². The number of nitrogen functional groups attached to an aromatic ring is 1. The molecule has 2 heterocycles. The molecule has 0 saturated carbocycles. The highest BCUT2D eigenvalue weighted by atomic mass is 35.5. The third-order valence-electron chi connectivity index (χ3n) is 3.82. The summed E-state index contributed by atoms with van der Waals surface area (Å²) in [6, 6.07) is 7.12. The maximum atomic E-state index is 12.4. The number of rotatable bonds is 4. The number of thiophene rings is 1. The normalized spacial score (nSPS) is 12.3. The second-order valence-electron chi connectivity index (χ2n) is 5.58. The summed E-state index contributed by atoms with van der Waals surface area (Å²) >= 11 is 8.93. The van der Waals surface area contributed by atoms with Crippen molar-refractivity contribution in [3.8, 4) is 0 Å². The van der Waals surface area contributed by atoms with Crippen LogP contribution in [0.2, 0.25) is 5.02 Å². The van der Waals surface area contributed by atoms with Gasteiger partial charge in [0, 0.05) is 4.88 Å². The lowest BCUT2D eigenvalue weighted by molar-refractivity contribution is -0.115. The van der Waals surface area contributed by atoms with Gasteiger partial charge in [-0.05, 0) is 38.5 Å². The zero-order valence-electron chi connectivity index (χ0n) is 14.0. The maximum absolute atomic E-state index is 12.4. The molecule has 130 valence electrons. The zero-order valence-corrected chi connectivity index (χ0v) is 16.4. The smallest absolute Gasteiger partial charge is 0.237 e. The second-order valence-corrected chi connectivity index (χ2v) is 8.50. The van der Waals surface area contributed by atoms with Crippen LogP contribution in [0.15, 0.2) is 29.4 Å². The number of halogens is 1. The predicted octanol–water partition coefficient (Wildman–Crippen LogP) is 4.66. The van der Waals surface area contributed by atoms with Gasteiger partial charge in [0.15, 0.2) is 5.16 Å². The Morgan fingerprint density at radius 3 is 2.76 bits per heavy atom. The van der Waals surface area contributed by atoms with Crippen molar-refractivity contribution in [3.05, 3.63) is 39.7 Å². The Morgan fingerprint density at radius 2 is 2.04 bits per heavy atom. The van der Waals surface area contributed by atoms with Crippen molar-refractivity contribution in [2.24, 2.45) is 0 Å². The highest BCUT2D eigenvalue weighted by molar-refractivity contribution is 8.00. The van der Waals surface area contributed by atoms with Crippen LogP contribution < -0.4 is 11.1 Å². The van der Waals surface area contributed by atoms with E-state index in [2.05, 4.69) is 15.3 Å². The molecule has 3 aromatic rings. The van der Waals surface area contributed by atoms with Gasteiger partial charge in [-0.25, -0.2) is 9.97 Å². The number of hydrogen-bond acceptors (Lipinski definition) is 6. The highest BCUT2D eigenvalue weighted by Gasteiger charge is 2.19. The van der Waals surface area contributed by atoms with Crippen LogP contribution in [0.3, 0.4) is 0 Å². The number of carbonyl (C=O) groups is 1. The van der Waals surface area contributed by atoms with Crippen LogP contribution >= 0.6 is 34.7 Å². The van der Waals surface area contributed by atoms with Crippen molar-refractivity contribution in [2.45, 2.75) is 31.2 Å². The topological polar surface area (TPSA) is 80.9 Å². The van der Waals surface area contributed by atoms with Gasteiger partial charge in [0.1, 0.15) is 10.6 Å². The zero-order chi connectivity index (χ0) is 18.1. The molecule has 0 bridgehead atoms. The summed E-state index contributed by atoms with van der Waals surface area (Å²) in [6.07, 6.45) is 0. The van der Waals surface area contributed by atoms with E-state index in [4.69, 9.17) is 17.3 Å². The standard InChI is InChI=1S/C17H17ClN4OS2/c1-8-9(2)24-16-13(8)14(19)21-17(22-16)25-10(3)15(23)20-12-7-5-4-6-11(12)18/h4-7,10H,1-3H3,(H,20,23)(H2,19,21,22). The van der Waals surface area contributed by atoms with E-state index in [1.54, 1.807) is 30.4 Å². The number of amides is 1. The van der Waals surface area contributed by atoms with Crippen LogP contribution in [0.1, 0.15) is 17.4 Å². The van der Waals surface area contributed by atoms with Crippen molar-refractivity contribution in [1.82, 2.24) is 9.97 Å². The van der Waals surface area contributed by atoms with Crippen LogP contribution in [0, 0.1) is 13.8 Å². The van der Waals surface area contributed by atoms with Gasteiger partial charge in [-0.15, -0.1) is 11.3 Å². The number of thioether (sulfide) groups is 1. The minimum absolute atomic E-state index is 0.168. The number of nitrogens with zero attached hydrogens (tertiary/aromatic N) is 2. The molecule has 0 aliphatic rings. The largest absolute Gasteiger partial charge is 0.383 e. The second kappa shape index (κ2) is 7.19. The number of aryl methyl sites for hydroxylation is 2. The molecule has 1 amide bonds. The lowest BCUT2D eigenvalue weighted by atomic mass is 10.2. The third kappa shape index (κ3) is 3.73. The molecule has 3 rings (SSSR count). The number of benzene rings is 1. The fourth-order valence-corrected chi connectivity index (χ4v) is 4.38. The highest BCUT2D eigenvalue weighted by Crippen LogP contribution is 2.34. The number of carbonyl (C=O) groups excluding carboxylic acids is 1. The Bertz CT molecular complexity index is 957. The first kappa shape index (κ1) is 18.0. The summed E-state index contributed by atoms with van der Waals surface area (Å²) in [6.45, 7) is 5.85. The molecular formula is C17H17ClN4OS2. The Labute approximate surface area is 159 Å². The minimum atomic E-state index is -0.393. The number of aromatic nitrogens is 2. The number of hydrogen-bond donors (Lipinski definition) is 2. The first-order valence-electron chi connectivity index (χ1n) is 7.62. The molecule has 2 aromatic heterocycles. The fraction of sp³-hybridized carbons (Fsp3) is 0.235. The molecular weight excluding hydrogens is 376 g/mol. The molecule has 0 spiro atoms. The van der Waals surface area contributed by atoms with Gasteiger partial charge in [-0.1, -0.05) is 35.5 Å². The van der Waals surface area contributed by atoms with E-state index in [0.29, 0.717) is 21.7 Å². The van der Waals surface area contributed by atoms with Crippen molar-refractivity contribution < 1.29 is 4.79 Å². The van der Waals surface area contributed by atoms with E-state index in [1.165, 1.54) is 16.6 Å². The molecule has 1 aromatic carbocycles. The van der Waals surface area contributed by atoms with E-state index in [-0.39, 0.29) is 5.91 Å². The summed E-state index contributed by atoms with van der Waals surface area (Å²) < 4.78 is 0. The average Bonchev–Trinajstić information content (AvgIpc) is 2.84. The van der Waals surface area contributed by atoms with E-state index in [1.807, 2.05) is 26.0 Å².